The lowest BCUT2D eigenvalue weighted by Gasteiger charge is -2.16. The number of likely N-dealkylation sites (tertiary alicyclic amines) is 1. The van der Waals surface area contributed by atoms with Gasteiger partial charge in [0.2, 0.25) is 0 Å². The molecule has 0 aliphatic carbocycles. The van der Waals surface area contributed by atoms with Gasteiger partial charge in [-0.3, -0.25) is 9.78 Å². The Morgan fingerprint density at radius 3 is 2.70 bits per heavy atom. The fourth-order valence-electron chi connectivity index (χ4n) is 2.42. The van der Waals surface area contributed by atoms with Gasteiger partial charge in [0.15, 0.2) is 0 Å². The molecule has 2 N–H and O–H groups in total. The maximum Gasteiger partial charge on any atom is 0.256 e. The number of fused-ring (bicyclic) bond motifs is 1. The van der Waals surface area contributed by atoms with Crippen LogP contribution >= 0.6 is 24.8 Å². The SMILES string of the molecule is Cl.Cl.N[C@H]1CCN(C(=O)c2cccc3cccnc23)C1. The van der Waals surface area contributed by atoms with Gasteiger partial charge in [-0.15, -0.1) is 24.8 Å². The second kappa shape index (κ2) is 6.88. The molecule has 1 fully saturated rings. The highest BCUT2D eigenvalue weighted by atomic mass is 35.5. The van der Waals surface area contributed by atoms with E-state index in [1.807, 2.05) is 35.2 Å². The Hall–Kier alpha value is -1.36. The highest BCUT2D eigenvalue weighted by molar-refractivity contribution is 6.05. The third-order valence-electron chi connectivity index (χ3n) is 3.38. The molecule has 2 heterocycles. The van der Waals surface area contributed by atoms with Crippen LogP contribution in [0.15, 0.2) is 36.5 Å². The molecule has 1 aromatic carbocycles. The van der Waals surface area contributed by atoms with Gasteiger partial charge in [-0.05, 0) is 18.6 Å². The normalized spacial score (nSPS) is 17.4. The number of amides is 1. The average molecular weight is 314 g/mol. The third kappa shape index (κ3) is 3.03. The number of hydrogen-bond acceptors (Lipinski definition) is 3. The summed E-state index contributed by atoms with van der Waals surface area (Å²) in [5.41, 5.74) is 7.28. The Morgan fingerprint density at radius 1 is 1.25 bits per heavy atom. The van der Waals surface area contributed by atoms with Crippen LogP contribution in [0.4, 0.5) is 0 Å². The summed E-state index contributed by atoms with van der Waals surface area (Å²) in [6.07, 6.45) is 2.60. The van der Waals surface area contributed by atoms with Gasteiger partial charge in [-0.25, -0.2) is 0 Å². The summed E-state index contributed by atoms with van der Waals surface area (Å²) in [6.45, 7) is 1.38. The fraction of sp³-hybridized carbons (Fsp3) is 0.286. The van der Waals surface area contributed by atoms with E-state index in [0.717, 1.165) is 23.9 Å². The minimum Gasteiger partial charge on any atom is -0.337 e. The van der Waals surface area contributed by atoms with Crippen LogP contribution in [0.25, 0.3) is 10.9 Å². The highest BCUT2D eigenvalue weighted by Gasteiger charge is 2.25. The van der Waals surface area contributed by atoms with Crippen LogP contribution in [0.5, 0.6) is 0 Å². The molecule has 1 saturated heterocycles. The number of benzene rings is 1. The molecule has 1 aromatic heterocycles. The number of para-hydroxylation sites is 1. The van der Waals surface area contributed by atoms with Gasteiger partial charge in [0.1, 0.15) is 0 Å². The number of nitrogens with two attached hydrogens (primary N) is 1. The lowest BCUT2D eigenvalue weighted by Crippen LogP contribution is -2.32. The Balaban J connectivity index is 0.000001000. The number of pyridine rings is 1. The summed E-state index contributed by atoms with van der Waals surface area (Å²) in [5.74, 6) is 0.0345. The van der Waals surface area contributed by atoms with Crippen molar-refractivity contribution in [3.63, 3.8) is 0 Å². The zero-order valence-electron chi connectivity index (χ0n) is 10.9. The van der Waals surface area contributed by atoms with Crippen molar-refractivity contribution in [3.05, 3.63) is 42.1 Å². The number of carbonyl (C=O) groups excluding carboxylic acids is 1. The van der Waals surface area contributed by atoms with Crippen molar-refractivity contribution in [2.24, 2.45) is 5.73 Å². The number of halogens is 2. The smallest absolute Gasteiger partial charge is 0.256 e. The van der Waals surface area contributed by atoms with Crippen molar-refractivity contribution in [1.29, 1.82) is 0 Å². The number of rotatable bonds is 1. The van der Waals surface area contributed by atoms with Crippen LogP contribution in [-0.2, 0) is 0 Å². The molecule has 6 heteroatoms. The standard InChI is InChI=1S/C14H15N3O.2ClH/c15-11-6-8-17(9-11)14(18)12-5-1-3-10-4-2-7-16-13(10)12;;/h1-5,7,11H,6,8-9,15H2;2*1H/t11-;;/m0../s1. The van der Waals surface area contributed by atoms with Crippen LogP contribution < -0.4 is 5.73 Å². The summed E-state index contributed by atoms with van der Waals surface area (Å²) in [6, 6.07) is 9.65. The largest absolute Gasteiger partial charge is 0.337 e. The van der Waals surface area contributed by atoms with Crippen molar-refractivity contribution in [2.75, 3.05) is 13.1 Å². The molecular formula is C14H17Cl2N3O. The first-order chi connectivity index (χ1) is 8.75. The highest BCUT2D eigenvalue weighted by Crippen LogP contribution is 2.19. The van der Waals surface area contributed by atoms with Gasteiger partial charge in [0, 0.05) is 30.7 Å². The first-order valence-electron chi connectivity index (χ1n) is 6.14. The monoisotopic (exact) mass is 313 g/mol. The lowest BCUT2D eigenvalue weighted by molar-refractivity contribution is 0.0792. The van der Waals surface area contributed by atoms with Crippen LogP contribution in [0, 0.1) is 0 Å². The quantitative estimate of drug-likeness (QED) is 0.878. The van der Waals surface area contributed by atoms with E-state index in [-0.39, 0.29) is 36.8 Å². The zero-order valence-corrected chi connectivity index (χ0v) is 12.5. The molecule has 20 heavy (non-hydrogen) atoms. The van der Waals surface area contributed by atoms with E-state index in [1.54, 1.807) is 6.20 Å². The minimum absolute atomic E-state index is 0. The lowest BCUT2D eigenvalue weighted by atomic mass is 10.1. The van der Waals surface area contributed by atoms with Crippen molar-refractivity contribution in [3.8, 4) is 0 Å². The van der Waals surface area contributed by atoms with Gasteiger partial charge < -0.3 is 10.6 Å². The van der Waals surface area contributed by atoms with Crippen molar-refractivity contribution in [2.45, 2.75) is 12.5 Å². The molecule has 2 aromatic rings. The Morgan fingerprint density at radius 2 is 2.00 bits per heavy atom. The Labute approximate surface area is 130 Å². The molecule has 4 nitrogen and oxygen atoms in total. The average Bonchev–Trinajstić information content (AvgIpc) is 2.84. The molecule has 0 spiro atoms. The fourth-order valence-corrected chi connectivity index (χ4v) is 2.42. The molecule has 1 atom stereocenters. The van der Waals surface area contributed by atoms with Gasteiger partial charge in [0.25, 0.3) is 5.91 Å². The molecule has 3 rings (SSSR count). The van der Waals surface area contributed by atoms with Crippen LogP contribution in [0.3, 0.4) is 0 Å². The molecule has 0 unspecified atom stereocenters. The van der Waals surface area contributed by atoms with Crippen molar-refractivity contribution in [1.82, 2.24) is 9.88 Å². The zero-order chi connectivity index (χ0) is 12.5. The number of aromatic nitrogens is 1. The van der Waals surface area contributed by atoms with E-state index in [9.17, 15) is 4.79 Å². The Bertz CT molecular complexity index is 600. The van der Waals surface area contributed by atoms with E-state index in [2.05, 4.69) is 4.98 Å². The summed E-state index contributed by atoms with van der Waals surface area (Å²) < 4.78 is 0. The molecule has 0 bridgehead atoms. The van der Waals surface area contributed by atoms with Crippen LogP contribution in [0.1, 0.15) is 16.8 Å². The molecule has 0 saturated carbocycles. The predicted molar refractivity (Wildman–Crippen MR) is 84.7 cm³/mol. The number of carbonyl (C=O) groups is 1. The molecule has 0 radical (unpaired) electrons. The van der Waals surface area contributed by atoms with Gasteiger partial charge >= 0.3 is 0 Å². The summed E-state index contributed by atoms with van der Waals surface area (Å²) in [4.78, 5) is 18.6. The van der Waals surface area contributed by atoms with E-state index < -0.39 is 0 Å². The van der Waals surface area contributed by atoms with Gasteiger partial charge in [-0.1, -0.05) is 18.2 Å². The first-order valence-corrected chi connectivity index (χ1v) is 6.14. The summed E-state index contributed by atoms with van der Waals surface area (Å²) in [7, 11) is 0. The predicted octanol–water partition coefficient (Wildman–Crippen LogP) is 2.25. The molecule has 1 amide bonds. The summed E-state index contributed by atoms with van der Waals surface area (Å²) >= 11 is 0. The van der Waals surface area contributed by atoms with Crippen LogP contribution in [-0.4, -0.2) is 34.9 Å². The maximum absolute atomic E-state index is 12.4. The van der Waals surface area contributed by atoms with Crippen molar-refractivity contribution < 1.29 is 4.79 Å². The minimum atomic E-state index is 0. The molecular weight excluding hydrogens is 297 g/mol. The number of nitrogens with zero attached hydrogens (tertiary/aromatic N) is 2. The second-order valence-electron chi connectivity index (χ2n) is 4.68. The third-order valence-corrected chi connectivity index (χ3v) is 3.38. The topological polar surface area (TPSA) is 59.2 Å². The van der Waals surface area contributed by atoms with E-state index in [4.69, 9.17) is 5.73 Å². The Kier molecular flexibility index (Phi) is 5.74. The van der Waals surface area contributed by atoms with E-state index in [1.165, 1.54) is 0 Å². The van der Waals surface area contributed by atoms with E-state index in [0.29, 0.717) is 12.1 Å². The second-order valence-corrected chi connectivity index (χ2v) is 4.68. The maximum atomic E-state index is 12.4. The van der Waals surface area contributed by atoms with Crippen molar-refractivity contribution >= 4 is 41.6 Å². The molecule has 108 valence electrons. The summed E-state index contributed by atoms with van der Waals surface area (Å²) in [5, 5.41) is 0.992. The van der Waals surface area contributed by atoms with Gasteiger partial charge in [0.05, 0.1) is 11.1 Å². The first kappa shape index (κ1) is 16.7. The molecule has 1 aliphatic heterocycles. The van der Waals surface area contributed by atoms with E-state index >= 15 is 0 Å². The molecule has 1 aliphatic rings. The van der Waals surface area contributed by atoms with Crippen LogP contribution in [0.2, 0.25) is 0 Å². The van der Waals surface area contributed by atoms with Gasteiger partial charge in [-0.2, -0.15) is 0 Å². The number of hydrogen-bond donors (Lipinski definition) is 1.